The lowest BCUT2D eigenvalue weighted by molar-refractivity contribution is -0.115. The third kappa shape index (κ3) is 4.44. The Hall–Kier alpha value is -2.20. The van der Waals surface area contributed by atoms with Gasteiger partial charge in [-0.3, -0.25) is 14.9 Å². The Morgan fingerprint density at radius 2 is 1.79 bits per heavy atom. The summed E-state index contributed by atoms with van der Waals surface area (Å²) in [5.74, 6) is -0.705. The van der Waals surface area contributed by atoms with Gasteiger partial charge in [-0.05, 0) is 59.8 Å². The molecule has 1 fully saturated rings. The number of ether oxygens (including phenoxy) is 1. The van der Waals surface area contributed by atoms with E-state index < -0.39 is 21.3 Å². The van der Waals surface area contributed by atoms with Crippen LogP contribution in [0.5, 0.6) is 11.5 Å². The van der Waals surface area contributed by atoms with Crippen LogP contribution in [0.1, 0.15) is 5.56 Å². The van der Waals surface area contributed by atoms with Crippen LogP contribution in [0, 0.1) is 0 Å². The van der Waals surface area contributed by atoms with Gasteiger partial charge in [0.1, 0.15) is 4.90 Å². The van der Waals surface area contributed by atoms with E-state index in [-0.39, 0.29) is 26.3 Å². The van der Waals surface area contributed by atoms with Gasteiger partial charge in [-0.25, -0.2) is 0 Å². The third-order valence-corrected chi connectivity index (χ3v) is 6.07. The number of carbonyl (C=O) groups excluding carboxylic acids is 2. The quantitative estimate of drug-likeness (QED) is 0.530. The Labute approximate surface area is 174 Å². The van der Waals surface area contributed by atoms with Gasteiger partial charge in [0, 0.05) is 5.02 Å². The fraction of sp³-hybridized carbons (Fsp3) is 0.0588. The number of imide groups is 1. The molecule has 1 heterocycles. The van der Waals surface area contributed by atoms with Gasteiger partial charge in [0.15, 0.2) is 5.75 Å². The largest absolute Gasteiger partial charge is 0.493 e. The molecule has 0 unspecified atom stereocenters. The molecule has 11 heteroatoms. The number of hydrogen-bond acceptors (Lipinski definition) is 7. The summed E-state index contributed by atoms with van der Waals surface area (Å²) in [5.41, 5.74) is 0.422. The van der Waals surface area contributed by atoms with E-state index in [1.807, 2.05) is 0 Å². The van der Waals surface area contributed by atoms with Crippen LogP contribution >= 0.6 is 35.0 Å². The number of methoxy groups -OCH3 is 1. The summed E-state index contributed by atoms with van der Waals surface area (Å²) in [6, 6.07) is 8.24. The van der Waals surface area contributed by atoms with Crippen molar-refractivity contribution in [2.24, 2.45) is 0 Å². The zero-order chi connectivity index (χ0) is 20.5. The van der Waals surface area contributed by atoms with Gasteiger partial charge in [0.2, 0.25) is 5.75 Å². The molecular weight excluding hydrogens is 449 g/mol. The van der Waals surface area contributed by atoms with Gasteiger partial charge in [-0.2, -0.15) is 8.42 Å². The van der Waals surface area contributed by atoms with Crippen LogP contribution in [0.3, 0.4) is 0 Å². The number of rotatable bonds is 5. The number of halogens is 2. The number of thioether (sulfide) groups is 1. The molecule has 0 aliphatic carbocycles. The fourth-order valence-electron chi connectivity index (χ4n) is 2.24. The van der Waals surface area contributed by atoms with Crippen LogP contribution in [0.2, 0.25) is 10.0 Å². The standard InChI is InChI=1S/C17H11Cl2NO6S2/c1-25-13-7-9(8-14-16(21)20-17(22)27-14)6-12(19)15(13)26-28(23,24)11-4-2-10(18)3-5-11/h2-8H,1H3,(H,20,21,22)/b14-8-. The number of nitrogens with one attached hydrogen (secondary N) is 1. The highest BCUT2D eigenvalue weighted by atomic mass is 35.5. The molecule has 0 radical (unpaired) electrons. The molecule has 2 aromatic rings. The molecule has 7 nitrogen and oxygen atoms in total. The molecule has 1 saturated heterocycles. The minimum Gasteiger partial charge on any atom is -0.493 e. The minimum absolute atomic E-state index is 0.0339. The highest BCUT2D eigenvalue weighted by molar-refractivity contribution is 8.18. The van der Waals surface area contributed by atoms with Crippen LogP contribution in [0.4, 0.5) is 4.79 Å². The summed E-state index contributed by atoms with van der Waals surface area (Å²) in [4.78, 5) is 23.0. The van der Waals surface area contributed by atoms with Gasteiger partial charge in [0.25, 0.3) is 11.1 Å². The molecule has 1 aliphatic heterocycles. The van der Waals surface area contributed by atoms with Gasteiger partial charge < -0.3 is 8.92 Å². The van der Waals surface area contributed by atoms with Crippen molar-refractivity contribution < 1.29 is 26.9 Å². The van der Waals surface area contributed by atoms with Crippen molar-refractivity contribution in [2.45, 2.75) is 4.90 Å². The number of amides is 2. The van der Waals surface area contributed by atoms with Crippen LogP contribution in [-0.2, 0) is 14.9 Å². The lowest BCUT2D eigenvalue weighted by Crippen LogP contribution is -2.17. The molecular formula is C17H11Cl2NO6S2. The first kappa shape index (κ1) is 20.5. The molecule has 146 valence electrons. The summed E-state index contributed by atoms with van der Waals surface area (Å²) in [6.07, 6.45) is 1.43. The normalized spacial score (nSPS) is 15.6. The van der Waals surface area contributed by atoms with Crippen LogP contribution in [-0.4, -0.2) is 26.7 Å². The Morgan fingerprint density at radius 3 is 2.36 bits per heavy atom. The highest BCUT2D eigenvalue weighted by Crippen LogP contribution is 2.39. The molecule has 3 rings (SSSR count). The van der Waals surface area contributed by atoms with E-state index in [2.05, 4.69) is 5.32 Å². The van der Waals surface area contributed by atoms with Gasteiger partial charge >= 0.3 is 10.1 Å². The van der Waals surface area contributed by atoms with Crippen molar-refractivity contribution in [1.29, 1.82) is 0 Å². The van der Waals surface area contributed by atoms with E-state index >= 15 is 0 Å². The predicted octanol–water partition coefficient (Wildman–Crippen LogP) is 4.09. The number of carbonyl (C=O) groups is 2. The highest BCUT2D eigenvalue weighted by Gasteiger charge is 2.26. The molecule has 0 saturated carbocycles. The molecule has 28 heavy (non-hydrogen) atoms. The second-order valence-electron chi connectivity index (χ2n) is 5.38. The molecule has 1 aliphatic rings. The van der Waals surface area contributed by atoms with Crippen molar-refractivity contribution in [1.82, 2.24) is 5.32 Å². The third-order valence-electron chi connectivity index (χ3n) is 3.49. The molecule has 0 spiro atoms. The summed E-state index contributed by atoms with van der Waals surface area (Å²) in [7, 11) is -2.88. The van der Waals surface area contributed by atoms with Crippen molar-refractivity contribution in [3.8, 4) is 11.5 Å². The van der Waals surface area contributed by atoms with Crippen LogP contribution < -0.4 is 14.2 Å². The lowest BCUT2D eigenvalue weighted by Gasteiger charge is -2.13. The molecule has 0 atom stereocenters. The molecule has 0 aromatic heterocycles. The van der Waals surface area contributed by atoms with Gasteiger partial charge in [0.05, 0.1) is 17.0 Å². The average Bonchev–Trinajstić information content (AvgIpc) is 2.94. The molecule has 0 bridgehead atoms. The smallest absolute Gasteiger partial charge is 0.339 e. The maximum atomic E-state index is 12.5. The fourth-order valence-corrected chi connectivity index (χ4v) is 4.30. The monoisotopic (exact) mass is 459 g/mol. The first-order valence-corrected chi connectivity index (χ1v) is 10.5. The number of benzene rings is 2. The first-order chi connectivity index (χ1) is 13.2. The average molecular weight is 460 g/mol. The zero-order valence-electron chi connectivity index (χ0n) is 14.1. The Balaban J connectivity index is 1.96. The SMILES string of the molecule is COc1cc(/C=C2\SC(=O)NC2=O)cc(Cl)c1OS(=O)(=O)c1ccc(Cl)cc1. The van der Waals surface area contributed by atoms with Crippen molar-refractivity contribution in [3.05, 3.63) is 56.9 Å². The summed E-state index contributed by atoms with van der Waals surface area (Å²) in [6.45, 7) is 0. The predicted molar refractivity (Wildman–Crippen MR) is 106 cm³/mol. The summed E-state index contributed by atoms with van der Waals surface area (Å²) < 4.78 is 35.3. The van der Waals surface area contributed by atoms with Gasteiger partial charge in [-0.1, -0.05) is 23.2 Å². The second kappa shape index (κ2) is 8.04. The van der Waals surface area contributed by atoms with Crippen molar-refractivity contribution in [2.75, 3.05) is 7.11 Å². The van der Waals surface area contributed by atoms with E-state index in [9.17, 15) is 18.0 Å². The lowest BCUT2D eigenvalue weighted by atomic mass is 10.2. The molecule has 2 amide bonds. The second-order valence-corrected chi connectivity index (χ2v) is 8.78. The Kier molecular flexibility index (Phi) is 5.90. The topological polar surface area (TPSA) is 98.8 Å². The van der Waals surface area contributed by atoms with E-state index in [0.717, 1.165) is 11.8 Å². The van der Waals surface area contributed by atoms with Gasteiger partial charge in [-0.15, -0.1) is 0 Å². The molecule has 1 N–H and O–H groups in total. The van der Waals surface area contributed by atoms with E-state index in [4.69, 9.17) is 32.1 Å². The summed E-state index contributed by atoms with van der Waals surface area (Å²) in [5, 5.41) is 1.97. The minimum atomic E-state index is -4.19. The van der Waals surface area contributed by atoms with E-state index in [0.29, 0.717) is 10.6 Å². The Morgan fingerprint density at radius 1 is 1.11 bits per heavy atom. The van der Waals surface area contributed by atoms with E-state index in [1.54, 1.807) is 0 Å². The summed E-state index contributed by atoms with van der Waals surface area (Å²) >= 11 is 12.7. The Bertz CT molecular complexity index is 1100. The zero-order valence-corrected chi connectivity index (χ0v) is 17.2. The first-order valence-electron chi connectivity index (χ1n) is 7.52. The van der Waals surface area contributed by atoms with Crippen molar-refractivity contribution in [3.63, 3.8) is 0 Å². The maximum Gasteiger partial charge on any atom is 0.339 e. The number of hydrogen-bond donors (Lipinski definition) is 1. The van der Waals surface area contributed by atoms with Crippen LogP contribution in [0.15, 0.2) is 46.2 Å². The maximum absolute atomic E-state index is 12.5. The van der Waals surface area contributed by atoms with Crippen molar-refractivity contribution >= 4 is 62.3 Å². The molecule has 2 aromatic carbocycles. The van der Waals surface area contributed by atoms with E-state index in [1.165, 1.54) is 49.6 Å². The van der Waals surface area contributed by atoms with Crippen LogP contribution in [0.25, 0.3) is 6.08 Å².